The molecule has 1 aromatic rings. The minimum absolute atomic E-state index is 0.0228. The first-order valence-electron chi connectivity index (χ1n) is 5.13. The Hall–Kier alpha value is -1.84. The van der Waals surface area contributed by atoms with Crippen LogP contribution in [0.15, 0.2) is 24.3 Å². The maximum Gasteiger partial charge on any atom is 0.303 e. The Morgan fingerprint density at radius 2 is 1.56 bits per heavy atom. The average molecular weight is 222 g/mol. The normalized spacial score (nSPS) is 10.0. The topological polar surface area (TPSA) is 74.6 Å². The van der Waals surface area contributed by atoms with Gasteiger partial charge in [0, 0.05) is 18.4 Å². The molecule has 86 valence electrons. The van der Waals surface area contributed by atoms with Gasteiger partial charge in [-0.05, 0) is 37.1 Å². The number of carbonyl (C=O) groups is 2. The smallest absolute Gasteiger partial charge is 0.303 e. The maximum absolute atomic E-state index is 11.6. The van der Waals surface area contributed by atoms with Gasteiger partial charge >= 0.3 is 5.97 Å². The first kappa shape index (κ1) is 12.2. The highest BCUT2D eigenvalue weighted by Gasteiger charge is 2.06. The van der Waals surface area contributed by atoms with E-state index < -0.39 is 5.97 Å². The number of ketones is 1. The van der Waals surface area contributed by atoms with Crippen LogP contribution in [0.4, 0.5) is 0 Å². The van der Waals surface area contributed by atoms with Crippen molar-refractivity contribution in [3.63, 3.8) is 0 Å². The second-order valence-corrected chi connectivity index (χ2v) is 3.57. The zero-order valence-corrected chi connectivity index (χ0v) is 8.85. The zero-order valence-electron chi connectivity index (χ0n) is 8.85. The van der Waals surface area contributed by atoms with Crippen molar-refractivity contribution in [1.82, 2.24) is 0 Å². The van der Waals surface area contributed by atoms with Gasteiger partial charge in [-0.3, -0.25) is 9.59 Å². The van der Waals surface area contributed by atoms with Crippen molar-refractivity contribution in [1.29, 1.82) is 0 Å². The van der Waals surface area contributed by atoms with E-state index in [0.717, 1.165) is 0 Å². The first-order chi connectivity index (χ1) is 7.59. The Bertz CT molecular complexity index is 367. The number of hydrogen-bond donors (Lipinski definition) is 2. The molecule has 0 aliphatic heterocycles. The van der Waals surface area contributed by atoms with E-state index in [0.29, 0.717) is 24.8 Å². The summed E-state index contributed by atoms with van der Waals surface area (Å²) < 4.78 is 0. The summed E-state index contributed by atoms with van der Waals surface area (Å²) in [6.07, 6.45) is 1.53. The quantitative estimate of drug-likeness (QED) is 0.571. The summed E-state index contributed by atoms with van der Waals surface area (Å²) in [5, 5.41) is 17.5. The van der Waals surface area contributed by atoms with Crippen LogP contribution in [0.5, 0.6) is 5.75 Å². The molecule has 0 aliphatic rings. The lowest BCUT2D eigenvalue weighted by Gasteiger charge is -2.00. The van der Waals surface area contributed by atoms with Gasteiger partial charge in [0.2, 0.25) is 0 Å². The van der Waals surface area contributed by atoms with E-state index in [2.05, 4.69) is 0 Å². The summed E-state index contributed by atoms with van der Waals surface area (Å²) in [4.78, 5) is 21.8. The molecule has 1 aromatic carbocycles. The lowest BCUT2D eigenvalue weighted by molar-refractivity contribution is -0.137. The van der Waals surface area contributed by atoms with E-state index in [1.807, 2.05) is 0 Å². The van der Waals surface area contributed by atoms with Crippen LogP contribution in [-0.4, -0.2) is 22.0 Å². The number of benzene rings is 1. The molecule has 0 fully saturated rings. The number of rotatable bonds is 6. The standard InChI is InChI=1S/C12H14O4/c13-10-7-5-9(6-8-10)11(14)3-1-2-4-12(15)16/h5-8,13H,1-4H2,(H,15,16). The van der Waals surface area contributed by atoms with Crippen LogP contribution in [0, 0.1) is 0 Å². The van der Waals surface area contributed by atoms with Gasteiger partial charge in [0.1, 0.15) is 5.75 Å². The van der Waals surface area contributed by atoms with Gasteiger partial charge in [-0.1, -0.05) is 0 Å². The van der Waals surface area contributed by atoms with Crippen LogP contribution in [0.25, 0.3) is 0 Å². The fourth-order valence-electron chi connectivity index (χ4n) is 1.35. The highest BCUT2D eigenvalue weighted by molar-refractivity contribution is 5.96. The number of unbranched alkanes of at least 4 members (excludes halogenated alkanes) is 1. The Morgan fingerprint density at radius 3 is 2.12 bits per heavy atom. The fraction of sp³-hybridized carbons (Fsp3) is 0.333. The maximum atomic E-state index is 11.6. The van der Waals surface area contributed by atoms with Crippen molar-refractivity contribution < 1.29 is 19.8 Å². The molecule has 4 heteroatoms. The summed E-state index contributed by atoms with van der Waals surface area (Å²) in [5.74, 6) is -0.732. The molecule has 4 nitrogen and oxygen atoms in total. The monoisotopic (exact) mass is 222 g/mol. The molecule has 1 rings (SSSR count). The van der Waals surface area contributed by atoms with Gasteiger partial charge in [-0.2, -0.15) is 0 Å². The Balaban J connectivity index is 2.35. The molecule has 0 atom stereocenters. The third-order valence-corrected chi connectivity index (χ3v) is 2.23. The van der Waals surface area contributed by atoms with Gasteiger partial charge in [-0.25, -0.2) is 0 Å². The van der Waals surface area contributed by atoms with E-state index in [9.17, 15) is 9.59 Å². The predicted molar refractivity (Wildman–Crippen MR) is 58.5 cm³/mol. The molecule has 0 saturated carbocycles. The number of carbonyl (C=O) groups excluding carboxylic acids is 1. The molecule has 0 unspecified atom stereocenters. The minimum Gasteiger partial charge on any atom is -0.508 e. The number of phenolic OH excluding ortho intramolecular Hbond substituents is 1. The van der Waals surface area contributed by atoms with Gasteiger partial charge in [-0.15, -0.1) is 0 Å². The van der Waals surface area contributed by atoms with Crippen LogP contribution < -0.4 is 0 Å². The summed E-state index contributed by atoms with van der Waals surface area (Å²) in [5.41, 5.74) is 0.549. The highest BCUT2D eigenvalue weighted by atomic mass is 16.4. The van der Waals surface area contributed by atoms with Crippen LogP contribution in [0.1, 0.15) is 36.0 Å². The van der Waals surface area contributed by atoms with Gasteiger partial charge < -0.3 is 10.2 Å². The average Bonchev–Trinajstić information content (AvgIpc) is 2.25. The number of hydrogen-bond acceptors (Lipinski definition) is 3. The largest absolute Gasteiger partial charge is 0.508 e. The van der Waals surface area contributed by atoms with Crippen molar-refractivity contribution in [2.75, 3.05) is 0 Å². The Labute approximate surface area is 93.5 Å². The van der Waals surface area contributed by atoms with Crippen molar-refractivity contribution >= 4 is 11.8 Å². The minimum atomic E-state index is -0.836. The molecule has 0 aromatic heterocycles. The number of carboxylic acids is 1. The summed E-state index contributed by atoms with van der Waals surface area (Å²) in [7, 11) is 0. The van der Waals surface area contributed by atoms with Crippen molar-refractivity contribution in [3.8, 4) is 5.75 Å². The van der Waals surface area contributed by atoms with Crippen LogP contribution in [0.2, 0.25) is 0 Å². The van der Waals surface area contributed by atoms with Gasteiger partial charge in [0.25, 0.3) is 0 Å². The number of aromatic hydroxyl groups is 1. The van der Waals surface area contributed by atoms with Crippen molar-refractivity contribution in [2.45, 2.75) is 25.7 Å². The fourth-order valence-corrected chi connectivity index (χ4v) is 1.35. The van der Waals surface area contributed by atoms with Gasteiger partial charge in [0.15, 0.2) is 5.78 Å². The van der Waals surface area contributed by atoms with E-state index in [1.165, 1.54) is 12.1 Å². The molecule has 0 bridgehead atoms. The van der Waals surface area contributed by atoms with Crippen LogP contribution >= 0.6 is 0 Å². The highest BCUT2D eigenvalue weighted by Crippen LogP contribution is 2.13. The molecule has 0 amide bonds. The van der Waals surface area contributed by atoms with Crippen LogP contribution in [0.3, 0.4) is 0 Å². The molecular formula is C12H14O4. The van der Waals surface area contributed by atoms with Crippen molar-refractivity contribution in [3.05, 3.63) is 29.8 Å². The number of carboxylic acid groups (broad SMARTS) is 1. The zero-order chi connectivity index (χ0) is 12.0. The van der Waals surface area contributed by atoms with Crippen molar-refractivity contribution in [2.24, 2.45) is 0 Å². The molecule has 0 aliphatic carbocycles. The number of phenols is 1. The molecular weight excluding hydrogens is 208 g/mol. The number of aliphatic carboxylic acids is 1. The second-order valence-electron chi connectivity index (χ2n) is 3.57. The molecule has 2 N–H and O–H groups in total. The molecule has 0 radical (unpaired) electrons. The van der Waals surface area contributed by atoms with Gasteiger partial charge in [0.05, 0.1) is 0 Å². The second kappa shape index (κ2) is 5.90. The summed E-state index contributed by atoms with van der Waals surface area (Å²) in [6.45, 7) is 0. The molecule has 16 heavy (non-hydrogen) atoms. The third-order valence-electron chi connectivity index (χ3n) is 2.23. The molecule has 0 saturated heterocycles. The van der Waals surface area contributed by atoms with E-state index in [4.69, 9.17) is 10.2 Å². The van der Waals surface area contributed by atoms with Crippen LogP contribution in [-0.2, 0) is 4.79 Å². The summed E-state index contributed by atoms with van der Waals surface area (Å²) in [6, 6.07) is 6.05. The lowest BCUT2D eigenvalue weighted by Crippen LogP contribution is -2.00. The molecule has 0 heterocycles. The predicted octanol–water partition coefficient (Wildman–Crippen LogP) is 2.22. The SMILES string of the molecule is O=C(O)CCCCC(=O)c1ccc(O)cc1. The lowest BCUT2D eigenvalue weighted by atomic mass is 10.0. The summed E-state index contributed by atoms with van der Waals surface area (Å²) >= 11 is 0. The Kier molecular flexibility index (Phi) is 4.51. The number of Topliss-reactive ketones (excluding diaryl/α,β-unsaturated/α-hetero) is 1. The van der Waals surface area contributed by atoms with E-state index in [1.54, 1.807) is 12.1 Å². The van der Waals surface area contributed by atoms with E-state index >= 15 is 0 Å². The molecule has 0 spiro atoms. The third kappa shape index (κ3) is 4.13. The Morgan fingerprint density at radius 1 is 1.00 bits per heavy atom. The first-order valence-corrected chi connectivity index (χ1v) is 5.13. The van der Waals surface area contributed by atoms with E-state index in [-0.39, 0.29) is 18.0 Å².